The van der Waals surface area contributed by atoms with Crippen molar-refractivity contribution >= 4 is 6.09 Å². The van der Waals surface area contributed by atoms with Crippen molar-refractivity contribution in [2.24, 2.45) is 11.5 Å². The predicted molar refractivity (Wildman–Crippen MR) is 53.9 cm³/mol. The molecule has 0 aliphatic heterocycles. The van der Waals surface area contributed by atoms with Crippen molar-refractivity contribution in [2.45, 2.75) is 19.9 Å². The number of aryl methyl sites for hydroxylation is 1. The van der Waals surface area contributed by atoms with Gasteiger partial charge in [-0.1, -0.05) is 13.0 Å². The highest BCUT2D eigenvalue weighted by molar-refractivity contribution is 5.68. The molecule has 0 radical (unpaired) electrons. The molecule has 0 bridgehead atoms. The number of ether oxygens (including phenoxy) is 1. The summed E-state index contributed by atoms with van der Waals surface area (Å²) in [4.78, 5) is 10.5. The Bertz CT molecular complexity index is 337. The largest absolute Gasteiger partial charge is 0.410 e. The van der Waals surface area contributed by atoms with E-state index in [9.17, 15) is 4.79 Å². The monoisotopic (exact) mass is 194 g/mol. The van der Waals surface area contributed by atoms with Crippen molar-refractivity contribution in [3.8, 4) is 5.75 Å². The van der Waals surface area contributed by atoms with Crippen LogP contribution >= 0.6 is 0 Å². The lowest BCUT2D eigenvalue weighted by Crippen LogP contribution is -2.16. The van der Waals surface area contributed by atoms with Gasteiger partial charge in [-0.2, -0.15) is 0 Å². The molecule has 1 rings (SSSR count). The first-order chi connectivity index (χ1) is 6.67. The molecule has 0 aliphatic rings. The van der Waals surface area contributed by atoms with Crippen molar-refractivity contribution in [1.29, 1.82) is 0 Å². The van der Waals surface area contributed by atoms with Crippen molar-refractivity contribution in [2.75, 3.05) is 0 Å². The lowest BCUT2D eigenvalue weighted by atomic mass is 10.1. The molecule has 4 N–H and O–H groups in total. The van der Waals surface area contributed by atoms with Crippen LogP contribution in [0.5, 0.6) is 5.75 Å². The topological polar surface area (TPSA) is 78.3 Å². The normalized spacial score (nSPS) is 9.86. The lowest BCUT2D eigenvalue weighted by Gasteiger charge is -2.07. The minimum Gasteiger partial charge on any atom is -0.410 e. The van der Waals surface area contributed by atoms with Gasteiger partial charge in [0.05, 0.1) is 0 Å². The molecule has 0 spiro atoms. The molecular weight excluding hydrogens is 180 g/mol. The van der Waals surface area contributed by atoms with Crippen molar-refractivity contribution < 1.29 is 9.53 Å². The van der Waals surface area contributed by atoms with E-state index in [4.69, 9.17) is 16.2 Å². The molecule has 76 valence electrons. The van der Waals surface area contributed by atoms with Gasteiger partial charge in [0.15, 0.2) is 0 Å². The SMILES string of the molecule is CCc1ccc(OC(N)=O)cc1CN. The number of hydrogen-bond acceptors (Lipinski definition) is 3. The fourth-order valence-electron chi connectivity index (χ4n) is 1.32. The molecular formula is C10H14N2O2. The van der Waals surface area contributed by atoms with E-state index in [1.54, 1.807) is 12.1 Å². The minimum atomic E-state index is -0.808. The zero-order valence-electron chi connectivity index (χ0n) is 8.12. The van der Waals surface area contributed by atoms with Crippen LogP contribution in [0.2, 0.25) is 0 Å². The van der Waals surface area contributed by atoms with Crippen LogP contribution in [0.25, 0.3) is 0 Å². The van der Waals surface area contributed by atoms with E-state index in [1.165, 1.54) is 0 Å². The molecule has 4 heteroatoms. The smallest absolute Gasteiger partial charge is 0.409 e. The molecule has 0 atom stereocenters. The van der Waals surface area contributed by atoms with E-state index >= 15 is 0 Å². The first-order valence-corrected chi connectivity index (χ1v) is 4.46. The number of hydrogen-bond donors (Lipinski definition) is 2. The summed E-state index contributed by atoms with van der Waals surface area (Å²) in [5.41, 5.74) is 12.6. The van der Waals surface area contributed by atoms with Crippen LogP contribution in [0.1, 0.15) is 18.1 Å². The number of amides is 1. The van der Waals surface area contributed by atoms with Crippen molar-refractivity contribution in [1.82, 2.24) is 0 Å². The fraction of sp³-hybridized carbons (Fsp3) is 0.300. The van der Waals surface area contributed by atoms with Gasteiger partial charge in [0.25, 0.3) is 0 Å². The maximum Gasteiger partial charge on any atom is 0.409 e. The summed E-state index contributed by atoms with van der Waals surface area (Å²) in [5, 5.41) is 0. The van der Waals surface area contributed by atoms with E-state index in [0.29, 0.717) is 12.3 Å². The number of primary amides is 1. The molecule has 0 aliphatic carbocycles. The molecule has 0 heterocycles. The number of nitrogens with two attached hydrogens (primary N) is 2. The third-order valence-electron chi connectivity index (χ3n) is 2.00. The van der Waals surface area contributed by atoms with Gasteiger partial charge in [-0.15, -0.1) is 0 Å². The van der Waals surface area contributed by atoms with Gasteiger partial charge in [-0.25, -0.2) is 4.79 Å². The number of rotatable bonds is 3. The van der Waals surface area contributed by atoms with E-state index in [0.717, 1.165) is 17.5 Å². The summed E-state index contributed by atoms with van der Waals surface area (Å²) in [5.74, 6) is 0.440. The molecule has 0 saturated carbocycles. The van der Waals surface area contributed by atoms with Gasteiger partial charge in [-0.3, -0.25) is 0 Å². The third-order valence-corrected chi connectivity index (χ3v) is 2.00. The predicted octanol–water partition coefficient (Wildman–Crippen LogP) is 1.17. The molecule has 0 aromatic heterocycles. The first kappa shape index (κ1) is 10.5. The van der Waals surface area contributed by atoms with E-state index < -0.39 is 6.09 Å². The number of carbonyl (C=O) groups excluding carboxylic acids is 1. The summed E-state index contributed by atoms with van der Waals surface area (Å²) in [6.07, 6.45) is 0.0980. The van der Waals surface area contributed by atoms with Crippen molar-refractivity contribution in [3.63, 3.8) is 0 Å². The summed E-state index contributed by atoms with van der Waals surface area (Å²) >= 11 is 0. The second-order valence-corrected chi connectivity index (χ2v) is 2.91. The molecule has 1 aromatic rings. The number of carbonyl (C=O) groups is 1. The lowest BCUT2D eigenvalue weighted by molar-refractivity contribution is 0.211. The third kappa shape index (κ3) is 2.47. The quantitative estimate of drug-likeness (QED) is 0.758. The Balaban J connectivity index is 2.95. The van der Waals surface area contributed by atoms with Crippen LogP contribution in [-0.4, -0.2) is 6.09 Å². The molecule has 0 fully saturated rings. The maximum atomic E-state index is 10.5. The van der Waals surface area contributed by atoms with Crippen LogP contribution in [0.4, 0.5) is 4.79 Å². The molecule has 0 saturated heterocycles. The summed E-state index contributed by atoms with van der Waals surface area (Å²) < 4.78 is 4.74. The standard InChI is InChI=1S/C10H14N2O2/c1-2-7-3-4-9(14-10(12)13)5-8(7)6-11/h3-5H,2,6,11H2,1H3,(H2,12,13). The molecule has 14 heavy (non-hydrogen) atoms. The van der Waals surface area contributed by atoms with Gasteiger partial charge >= 0.3 is 6.09 Å². The first-order valence-electron chi connectivity index (χ1n) is 4.46. The summed E-state index contributed by atoms with van der Waals surface area (Å²) in [7, 11) is 0. The Kier molecular flexibility index (Phi) is 3.48. The van der Waals surface area contributed by atoms with Crippen LogP contribution in [0.15, 0.2) is 18.2 Å². The Morgan fingerprint density at radius 2 is 2.14 bits per heavy atom. The highest BCUT2D eigenvalue weighted by Crippen LogP contribution is 2.18. The van der Waals surface area contributed by atoms with E-state index in [-0.39, 0.29) is 0 Å². The summed E-state index contributed by atoms with van der Waals surface area (Å²) in [6.45, 7) is 2.47. The zero-order valence-corrected chi connectivity index (χ0v) is 8.12. The minimum absolute atomic E-state index is 0.430. The van der Waals surface area contributed by atoms with Crippen LogP contribution in [0, 0.1) is 0 Å². The number of benzene rings is 1. The molecule has 0 unspecified atom stereocenters. The van der Waals surface area contributed by atoms with Gasteiger partial charge in [0, 0.05) is 6.54 Å². The maximum absolute atomic E-state index is 10.5. The average Bonchev–Trinajstić information content (AvgIpc) is 2.16. The van der Waals surface area contributed by atoms with Gasteiger partial charge in [0.2, 0.25) is 0 Å². The Labute approximate surface area is 82.8 Å². The zero-order chi connectivity index (χ0) is 10.6. The second-order valence-electron chi connectivity index (χ2n) is 2.91. The van der Waals surface area contributed by atoms with E-state index in [1.807, 2.05) is 13.0 Å². The van der Waals surface area contributed by atoms with Gasteiger partial charge in [0.1, 0.15) is 5.75 Å². The Hall–Kier alpha value is -1.55. The average molecular weight is 194 g/mol. The van der Waals surface area contributed by atoms with Gasteiger partial charge in [-0.05, 0) is 29.7 Å². The second kappa shape index (κ2) is 4.62. The summed E-state index contributed by atoms with van der Waals surface area (Å²) in [6, 6.07) is 5.34. The highest BCUT2D eigenvalue weighted by Gasteiger charge is 2.03. The van der Waals surface area contributed by atoms with Crippen molar-refractivity contribution in [3.05, 3.63) is 29.3 Å². The van der Waals surface area contributed by atoms with Crippen LogP contribution in [-0.2, 0) is 13.0 Å². The highest BCUT2D eigenvalue weighted by atomic mass is 16.5. The Morgan fingerprint density at radius 1 is 1.43 bits per heavy atom. The van der Waals surface area contributed by atoms with Gasteiger partial charge < -0.3 is 16.2 Å². The van der Waals surface area contributed by atoms with Crippen LogP contribution in [0.3, 0.4) is 0 Å². The molecule has 4 nitrogen and oxygen atoms in total. The Morgan fingerprint density at radius 3 is 2.64 bits per heavy atom. The molecule has 1 amide bonds. The van der Waals surface area contributed by atoms with Crippen LogP contribution < -0.4 is 16.2 Å². The van der Waals surface area contributed by atoms with E-state index in [2.05, 4.69) is 0 Å². The fourth-order valence-corrected chi connectivity index (χ4v) is 1.32. The molecule has 1 aromatic carbocycles.